The van der Waals surface area contributed by atoms with Crippen molar-refractivity contribution < 1.29 is 28.6 Å². The van der Waals surface area contributed by atoms with Crippen LogP contribution in [-0.4, -0.2) is 55.4 Å². The first kappa shape index (κ1) is 25.7. The van der Waals surface area contributed by atoms with Crippen molar-refractivity contribution in [3.05, 3.63) is 56.9 Å². The number of imide groups is 1. The summed E-state index contributed by atoms with van der Waals surface area (Å²) in [4.78, 5) is 38.8. The van der Waals surface area contributed by atoms with Gasteiger partial charge in [-0.05, 0) is 60.7 Å². The minimum Gasteiger partial charge on any atom is -0.493 e. The first-order chi connectivity index (χ1) is 16.2. The van der Waals surface area contributed by atoms with Gasteiger partial charge < -0.3 is 19.5 Å². The second-order valence-corrected chi connectivity index (χ2v) is 8.91. The van der Waals surface area contributed by atoms with E-state index in [0.717, 1.165) is 16.7 Å². The maximum atomic E-state index is 12.7. The molecule has 1 fully saturated rings. The number of methoxy groups -OCH3 is 2. The topological polar surface area (TPSA) is 94.2 Å². The number of halogens is 2. The molecule has 1 aliphatic rings. The van der Waals surface area contributed by atoms with E-state index in [1.807, 2.05) is 0 Å². The number of benzene rings is 2. The highest BCUT2D eigenvalue weighted by atomic mass is 35.5. The van der Waals surface area contributed by atoms with Crippen molar-refractivity contribution in [1.82, 2.24) is 10.2 Å². The monoisotopic (exact) mass is 524 g/mol. The van der Waals surface area contributed by atoms with E-state index in [-0.39, 0.29) is 23.0 Å². The first-order valence-electron chi connectivity index (χ1n) is 10.1. The molecule has 180 valence electrons. The molecule has 0 bridgehead atoms. The summed E-state index contributed by atoms with van der Waals surface area (Å²) in [5, 5.41) is 2.98. The van der Waals surface area contributed by atoms with E-state index in [9.17, 15) is 14.4 Å². The van der Waals surface area contributed by atoms with E-state index < -0.39 is 23.2 Å². The molecular weight excluding hydrogens is 503 g/mol. The molecule has 3 amide bonds. The van der Waals surface area contributed by atoms with E-state index in [2.05, 4.69) is 5.32 Å². The average molecular weight is 525 g/mol. The third kappa shape index (κ3) is 6.16. The highest BCUT2D eigenvalue weighted by molar-refractivity contribution is 8.18. The number of ether oxygens (including phenoxy) is 3. The fourth-order valence-corrected chi connectivity index (χ4v) is 4.35. The quantitative estimate of drug-likeness (QED) is 0.477. The molecule has 8 nitrogen and oxygen atoms in total. The van der Waals surface area contributed by atoms with Crippen LogP contribution in [0.15, 0.2) is 41.3 Å². The fraction of sp³-hybridized carbons (Fsp3) is 0.261. The second-order valence-electron chi connectivity index (χ2n) is 7.07. The summed E-state index contributed by atoms with van der Waals surface area (Å²) in [6.07, 6.45) is 0.760. The Morgan fingerprint density at radius 2 is 1.79 bits per heavy atom. The van der Waals surface area contributed by atoms with E-state index >= 15 is 0 Å². The predicted octanol–water partition coefficient (Wildman–Crippen LogP) is 4.63. The zero-order valence-corrected chi connectivity index (χ0v) is 20.9. The Balaban J connectivity index is 1.56. The Labute approximate surface area is 211 Å². The molecule has 0 radical (unpaired) electrons. The minimum atomic E-state index is -0.849. The zero-order valence-electron chi connectivity index (χ0n) is 18.6. The van der Waals surface area contributed by atoms with Crippen molar-refractivity contribution in [2.24, 2.45) is 0 Å². The Morgan fingerprint density at radius 3 is 2.47 bits per heavy atom. The van der Waals surface area contributed by atoms with Crippen LogP contribution in [0.25, 0.3) is 6.08 Å². The van der Waals surface area contributed by atoms with Crippen LogP contribution in [0.5, 0.6) is 17.2 Å². The molecule has 1 N–H and O–H groups in total. The molecule has 0 aliphatic carbocycles. The number of carbonyl (C=O) groups is 3. The Bertz CT molecular complexity index is 1140. The first-order valence-corrected chi connectivity index (χ1v) is 11.7. The molecule has 11 heteroatoms. The van der Waals surface area contributed by atoms with Gasteiger partial charge in [0, 0.05) is 18.1 Å². The molecule has 34 heavy (non-hydrogen) atoms. The van der Waals surface area contributed by atoms with Gasteiger partial charge in [-0.1, -0.05) is 29.3 Å². The van der Waals surface area contributed by atoms with Crippen LogP contribution in [0.3, 0.4) is 0 Å². The number of nitrogens with zero attached hydrogens (tertiary/aromatic N) is 1. The minimum absolute atomic E-state index is 0.0219. The lowest BCUT2D eigenvalue weighted by molar-refractivity contribution is -0.128. The summed E-state index contributed by atoms with van der Waals surface area (Å²) in [7, 11) is 3.04. The normalized spacial score (nSPS) is 15.4. The second kappa shape index (κ2) is 11.5. The van der Waals surface area contributed by atoms with Crippen molar-refractivity contribution in [3.63, 3.8) is 0 Å². The maximum Gasteiger partial charge on any atom is 0.293 e. The molecule has 0 spiro atoms. The van der Waals surface area contributed by atoms with Gasteiger partial charge in [0.15, 0.2) is 17.6 Å². The van der Waals surface area contributed by atoms with Gasteiger partial charge in [-0.15, -0.1) is 0 Å². The molecule has 3 rings (SSSR count). The van der Waals surface area contributed by atoms with Gasteiger partial charge in [0.1, 0.15) is 5.75 Å². The van der Waals surface area contributed by atoms with Gasteiger partial charge in [0.05, 0.1) is 24.1 Å². The number of thioether (sulfide) groups is 1. The zero-order chi connectivity index (χ0) is 24.8. The third-order valence-corrected chi connectivity index (χ3v) is 6.22. The largest absolute Gasteiger partial charge is 0.493 e. The molecular formula is C23H22Cl2N2O6S. The van der Waals surface area contributed by atoms with Gasteiger partial charge in [-0.2, -0.15) is 0 Å². The van der Waals surface area contributed by atoms with Gasteiger partial charge in [-0.3, -0.25) is 19.3 Å². The van der Waals surface area contributed by atoms with E-state index in [1.54, 1.807) is 43.3 Å². The lowest BCUT2D eigenvalue weighted by Crippen LogP contribution is -2.41. The number of hydrogen-bond donors (Lipinski definition) is 1. The third-order valence-electron chi connectivity index (χ3n) is 4.78. The lowest BCUT2D eigenvalue weighted by Gasteiger charge is -2.17. The van der Waals surface area contributed by atoms with Crippen LogP contribution in [0.2, 0.25) is 10.0 Å². The maximum absolute atomic E-state index is 12.7. The summed E-state index contributed by atoms with van der Waals surface area (Å²) < 4.78 is 16.0. The molecule has 0 unspecified atom stereocenters. The average Bonchev–Trinajstić information content (AvgIpc) is 3.07. The van der Waals surface area contributed by atoms with Gasteiger partial charge >= 0.3 is 0 Å². The Kier molecular flexibility index (Phi) is 8.71. The summed E-state index contributed by atoms with van der Waals surface area (Å²) in [5.74, 6) is 0.532. The SMILES string of the molecule is COc1ccc(/C=C2/SC(=O)N(CCNC(=O)[C@H](C)Oc3ccc(Cl)cc3Cl)C2=O)cc1OC. The van der Waals surface area contributed by atoms with Crippen LogP contribution >= 0.6 is 35.0 Å². The van der Waals surface area contributed by atoms with Gasteiger partial charge in [0.25, 0.3) is 17.1 Å². The van der Waals surface area contributed by atoms with Crippen LogP contribution in [0.4, 0.5) is 4.79 Å². The fourth-order valence-electron chi connectivity index (χ4n) is 3.04. The predicted molar refractivity (Wildman–Crippen MR) is 132 cm³/mol. The summed E-state index contributed by atoms with van der Waals surface area (Å²) in [6, 6.07) is 9.86. The highest BCUT2D eigenvalue weighted by Crippen LogP contribution is 2.34. The van der Waals surface area contributed by atoms with Crippen molar-refractivity contribution in [2.75, 3.05) is 27.3 Å². The summed E-state index contributed by atoms with van der Waals surface area (Å²) >= 11 is 12.8. The number of carbonyl (C=O) groups excluding carboxylic acids is 3. The molecule has 0 saturated carbocycles. The van der Waals surface area contributed by atoms with Crippen LogP contribution in [0.1, 0.15) is 12.5 Å². The number of amides is 3. The van der Waals surface area contributed by atoms with Crippen LogP contribution < -0.4 is 19.5 Å². The number of rotatable bonds is 9. The Hall–Kier alpha value is -2.88. The molecule has 1 atom stereocenters. The van der Waals surface area contributed by atoms with E-state index in [1.165, 1.54) is 20.3 Å². The van der Waals surface area contributed by atoms with Crippen molar-refractivity contribution >= 4 is 58.1 Å². The Morgan fingerprint density at radius 1 is 1.09 bits per heavy atom. The van der Waals surface area contributed by atoms with Crippen molar-refractivity contribution in [1.29, 1.82) is 0 Å². The highest BCUT2D eigenvalue weighted by Gasteiger charge is 2.34. The molecule has 1 saturated heterocycles. The van der Waals surface area contributed by atoms with Crippen LogP contribution in [-0.2, 0) is 9.59 Å². The summed E-state index contributed by atoms with van der Waals surface area (Å²) in [5.41, 5.74) is 0.684. The standard InChI is InChI=1S/C23H22Cl2N2O6S/c1-13(33-17-7-5-15(24)12-16(17)25)21(28)26-8-9-27-22(29)20(34-23(27)30)11-14-4-6-18(31-2)19(10-14)32-3/h4-7,10-13H,8-9H2,1-3H3,(H,26,28)/b20-11+/t13-/m0/s1. The summed E-state index contributed by atoms with van der Waals surface area (Å²) in [6.45, 7) is 1.66. The molecule has 0 aromatic heterocycles. The van der Waals surface area contributed by atoms with Crippen LogP contribution in [0, 0.1) is 0 Å². The van der Waals surface area contributed by atoms with Gasteiger partial charge in [0.2, 0.25) is 0 Å². The van der Waals surface area contributed by atoms with E-state index in [4.69, 9.17) is 37.4 Å². The van der Waals surface area contributed by atoms with Crippen molar-refractivity contribution in [3.8, 4) is 17.2 Å². The number of nitrogens with one attached hydrogen (secondary N) is 1. The lowest BCUT2D eigenvalue weighted by atomic mass is 10.2. The molecule has 2 aromatic rings. The molecule has 1 heterocycles. The van der Waals surface area contributed by atoms with E-state index in [0.29, 0.717) is 27.8 Å². The molecule has 2 aromatic carbocycles. The molecule has 1 aliphatic heterocycles. The number of hydrogen-bond acceptors (Lipinski definition) is 7. The van der Waals surface area contributed by atoms with Crippen molar-refractivity contribution in [2.45, 2.75) is 13.0 Å². The van der Waals surface area contributed by atoms with Gasteiger partial charge in [-0.25, -0.2) is 0 Å². The smallest absolute Gasteiger partial charge is 0.293 e.